The maximum atomic E-state index is 13.0. The van der Waals surface area contributed by atoms with E-state index in [1.807, 2.05) is 17.0 Å². The van der Waals surface area contributed by atoms with Crippen LogP contribution >= 0.6 is 0 Å². The molecule has 128 valence electrons. The molecular formula is C19H25N3O2. The van der Waals surface area contributed by atoms with Gasteiger partial charge in [-0.3, -0.25) is 9.69 Å². The summed E-state index contributed by atoms with van der Waals surface area (Å²) in [5, 5.41) is 18.6. The van der Waals surface area contributed by atoms with E-state index < -0.39 is 0 Å². The van der Waals surface area contributed by atoms with Crippen molar-refractivity contribution in [2.24, 2.45) is 5.41 Å². The summed E-state index contributed by atoms with van der Waals surface area (Å²) in [7, 11) is 0. The molecule has 2 fully saturated rings. The summed E-state index contributed by atoms with van der Waals surface area (Å²) >= 11 is 0. The highest BCUT2D eigenvalue weighted by atomic mass is 16.3. The Balaban J connectivity index is 1.76. The molecule has 0 aliphatic carbocycles. The van der Waals surface area contributed by atoms with Crippen LogP contribution in [0.1, 0.15) is 38.2 Å². The lowest BCUT2D eigenvalue weighted by atomic mass is 9.81. The third-order valence-electron chi connectivity index (χ3n) is 5.35. The second kappa shape index (κ2) is 6.92. The van der Waals surface area contributed by atoms with Crippen LogP contribution in [0.25, 0.3) is 0 Å². The molecule has 0 spiro atoms. The maximum absolute atomic E-state index is 13.0. The number of anilines is 1. The lowest BCUT2D eigenvalue weighted by Gasteiger charge is -2.45. The molecule has 1 amide bonds. The van der Waals surface area contributed by atoms with Crippen molar-refractivity contribution in [1.29, 1.82) is 5.26 Å². The number of carbonyl (C=O) groups excluding carboxylic acids is 1. The third kappa shape index (κ3) is 3.31. The first-order chi connectivity index (χ1) is 11.6. The van der Waals surface area contributed by atoms with Gasteiger partial charge in [0.25, 0.3) is 0 Å². The Morgan fingerprint density at radius 1 is 1.29 bits per heavy atom. The van der Waals surface area contributed by atoms with Crippen molar-refractivity contribution in [3.63, 3.8) is 0 Å². The van der Waals surface area contributed by atoms with Gasteiger partial charge in [-0.1, -0.05) is 6.92 Å². The minimum absolute atomic E-state index is 0.0967. The Morgan fingerprint density at radius 3 is 2.71 bits per heavy atom. The monoisotopic (exact) mass is 327 g/mol. The van der Waals surface area contributed by atoms with Crippen molar-refractivity contribution in [2.75, 3.05) is 31.1 Å². The molecule has 0 radical (unpaired) electrons. The highest BCUT2D eigenvalue weighted by Gasteiger charge is 2.39. The average molecular weight is 327 g/mol. The highest BCUT2D eigenvalue weighted by molar-refractivity contribution is 5.98. The molecule has 2 saturated heterocycles. The average Bonchev–Trinajstić information content (AvgIpc) is 2.62. The lowest BCUT2D eigenvalue weighted by Crippen LogP contribution is -2.57. The number of aliphatic hydroxyl groups is 1. The predicted molar refractivity (Wildman–Crippen MR) is 92.5 cm³/mol. The summed E-state index contributed by atoms with van der Waals surface area (Å²) in [6, 6.07) is 9.24. The lowest BCUT2D eigenvalue weighted by molar-refractivity contribution is -0.127. The fraction of sp³-hybridized carbons (Fsp3) is 0.579. The zero-order valence-electron chi connectivity index (χ0n) is 14.2. The first-order valence-corrected chi connectivity index (χ1v) is 8.73. The van der Waals surface area contributed by atoms with Gasteiger partial charge in [-0.2, -0.15) is 5.26 Å². The van der Waals surface area contributed by atoms with Crippen molar-refractivity contribution >= 4 is 11.6 Å². The highest BCUT2D eigenvalue weighted by Crippen LogP contribution is 2.32. The number of hydrogen-bond donors (Lipinski definition) is 1. The minimum Gasteiger partial charge on any atom is -0.396 e. The molecule has 1 aromatic carbocycles. The van der Waals surface area contributed by atoms with E-state index in [2.05, 4.69) is 17.9 Å². The quantitative estimate of drug-likeness (QED) is 0.924. The SMILES string of the molecule is CC1(CO)CCCN(C2CCCN(c3ccc(C#N)cc3)C2=O)C1. The van der Waals surface area contributed by atoms with Crippen LogP contribution in [0, 0.1) is 16.7 Å². The van der Waals surface area contributed by atoms with Crippen LogP contribution in [0.15, 0.2) is 24.3 Å². The van der Waals surface area contributed by atoms with Gasteiger partial charge in [-0.15, -0.1) is 0 Å². The third-order valence-corrected chi connectivity index (χ3v) is 5.35. The standard InChI is InChI=1S/C19H25N3O2/c1-19(14-23)9-3-10-21(13-19)17-4-2-11-22(18(17)24)16-7-5-15(12-20)6-8-16/h5-8,17,23H,2-4,9-11,13-14H2,1H3. The van der Waals surface area contributed by atoms with E-state index in [0.29, 0.717) is 5.56 Å². The molecule has 2 heterocycles. The molecule has 2 atom stereocenters. The molecule has 1 aromatic rings. The first-order valence-electron chi connectivity index (χ1n) is 8.73. The van der Waals surface area contributed by atoms with Crippen molar-refractivity contribution in [3.8, 4) is 6.07 Å². The molecular weight excluding hydrogens is 302 g/mol. The van der Waals surface area contributed by atoms with Gasteiger partial charge in [0.2, 0.25) is 5.91 Å². The van der Waals surface area contributed by atoms with Gasteiger partial charge in [0.1, 0.15) is 0 Å². The summed E-state index contributed by atoms with van der Waals surface area (Å²) in [6.07, 6.45) is 3.90. The van der Waals surface area contributed by atoms with Gasteiger partial charge >= 0.3 is 0 Å². The van der Waals surface area contributed by atoms with Crippen molar-refractivity contribution in [2.45, 2.75) is 38.6 Å². The Hall–Kier alpha value is -1.90. The molecule has 5 heteroatoms. The number of piperidine rings is 2. The van der Waals surface area contributed by atoms with Gasteiger partial charge in [-0.25, -0.2) is 0 Å². The van der Waals surface area contributed by atoms with E-state index in [1.165, 1.54) is 0 Å². The van der Waals surface area contributed by atoms with Crippen LogP contribution in [0.5, 0.6) is 0 Å². The normalized spacial score (nSPS) is 28.6. The van der Waals surface area contributed by atoms with Gasteiger partial charge in [0, 0.05) is 30.8 Å². The number of carbonyl (C=O) groups is 1. The predicted octanol–water partition coefficient (Wildman–Crippen LogP) is 2.15. The zero-order valence-corrected chi connectivity index (χ0v) is 14.2. The minimum atomic E-state index is -0.102. The van der Waals surface area contributed by atoms with E-state index in [1.54, 1.807) is 12.1 Å². The van der Waals surface area contributed by atoms with Gasteiger partial charge in [-0.05, 0) is 56.5 Å². The summed E-state index contributed by atoms with van der Waals surface area (Å²) in [5.74, 6) is 0.146. The molecule has 5 nitrogen and oxygen atoms in total. The molecule has 0 saturated carbocycles. The Bertz CT molecular complexity index is 637. The maximum Gasteiger partial charge on any atom is 0.244 e. The molecule has 2 unspecified atom stereocenters. The Kier molecular flexibility index (Phi) is 4.88. The molecule has 1 N–H and O–H groups in total. The van der Waals surface area contributed by atoms with Crippen molar-refractivity contribution in [3.05, 3.63) is 29.8 Å². The number of aliphatic hydroxyl groups excluding tert-OH is 1. The molecule has 2 aliphatic rings. The number of likely N-dealkylation sites (tertiary alicyclic amines) is 1. The number of hydrogen-bond acceptors (Lipinski definition) is 4. The fourth-order valence-corrected chi connectivity index (χ4v) is 3.92. The van der Waals surface area contributed by atoms with Crippen molar-refractivity contribution in [1.82, 2.24) is 4.90 Å². The molecule has 3 rings (SSSR count). The van der Waals surface area contributed by atoms with Gasteiger partial charge in [0.15, 0.2) is 0 Å². The number of amides is 1. The van der Waals surface area contributed by atoms with E-state index in [0.717, 1.165) is 51.0 Å². The van der Waals surface area contributed by atoms with Crippen LogP contribution in [0.3, 0.4) is 0 Å². The van der Waals surface area contributed by atoms with E-state index in [-0.39, 0.29) is 24.0 Å². The van der Waals surface area contributed by atoms with Crippen LogP contribution in [0.4, 0.5) is 5.69 Å². The van der Waals surface area contributed by atoms with Crippen LogP contribution in [-0.2, 0) is 4.79 Å². The van der Waals surface area contributed by atoms with Crippen LogP contribution in [-0.4, -0.2) is 48.2 Å². The zero-order chi connectivity index (χ0) is 17.2. The molecule has 24 heavy (non-hydrogen) atoms. The summed E-state index contributed by atoms with van der Waals surface area (Å²) in [6.45, 7) is 4.70. The largest absolute Gasteiger partial charge is 0.396 e. The number of nitriles is 1. The topological polar surface area (TPSA) is 67.6 Å². The molecule has 2 aliphatic heterocycles. The second-order valence-corrected chi connectivity index (χ2v) is 7.35. The summed E-state index contributed by atoms with van der Waals surface area (Å²) < 4.78 is 0. The van der Waals surface area contributed by atoms with Gasteiger partial charge in [0.05, 0.1) is 17.7 Å². The number of nitrogens with zero attached hydrogens (tertiary/aromatic N) is 3. The summed E-state index contributed by atoms with van der Waals surface area (Å²) in [5.41, 5.74) is 1.37. The molecule has 0 aromatic heterocycles. The van der Waals surface area contributed by atoms with E-state index in [4.69, 9.17) is 5.26 Å². The van der Waals surface area contributed by atoms with Gasteiger partial charge < -0.3 is 10.0 Å². The fourth-order valence-electron chi connectivity index (χ4n) is 3.92. The summed E-state index contributed by atoms with van der Waals surface area (Å²) in [4.78, 5) is 17.1. The Labute approximate surface area is 143 Å². The Morgan fingerprint density at radius 2 is 2.04 bits per heavy atom. The van der Waals surface area contributed by atoms with E-state index in [9.17, 15) is 9.90 Å². The number of rotatable bonds is 3. The first kappa shape index (κ1) is 16.9. The van der Waals surface area contributed by atoms with E-state index >= 15 is 0 Å². The molecule has 0 bridgehead atoms. The number of benzene rings is 1. The second-order valence-electron chi connectivity index (χ2n) is 7.35. The van der Waals surface area contributed by atoms with Crippen LogP contribution < -0.4 is 4.90 Å². The van der Waals surface area contributed by atoms with Crippen molar-refractivity contribution < 1.29 is 9.90 Å². The smallest absolute Gasteiger partial charge is 0.244 e. The van der Waals surface area contributed by atoms with Crippen LogP contribution in [0.2, 0.25) is 0 Å².